The van der Waals surface area contributed by atoms with Crippen LogP contribution in [0.4, 0.5) is 0 Å². The summed E-state index contributed by atoms with van der Waals surface area (Å²) >= 11 is 32.5. The van der Waals surface area contributed by atoms with Gasteiger partial charge in [0.05, 0.1) is 90.6 Å². The van der Waals surface area contributed by atoms with Crippen molar-refractivity contribution in [3.63, 3.8) is 0 Å². The van der Waals surface area contributed by atoms with Crippen LogP contribution in [-0.4, -0.2) is 187 Å². The Morgan fingerprint density at radius 2 is 0.843 bits per heavy atom. The molecule has 1 aliphatic rings. The van der Waals surface area contributed by atoms with Gasteiger partial charge in [0.15, 0.2) is 32.8 Å². The monoisotopic (exact) mass is 2040 g/mol. The van der Waals surface area contributed by atoms with Crippen LogP contribution >= 0.6 is 175 Å². The molecule has 1 fully saturated rings. The molecular formula is C58H90AlBr7Cl2LiN6O22PS4. The molecule has 0 saturated carbocycles. The fraction of sp³-hybridized carbons (Fsp3) is 0.362. The first-order chi connectivity index (χ1) is 46.1. The number of hydrogen-bond acceptors (Lipinski definition) is 23. The number of aliphatic hydroxyl groups excluding tert-OH is 4. The van der Waals surface area contributed by atoms with E-state index in [1.807, 2.05) is 30.3 Å². The van der Waals surface area contributed by atoms with Crippen molar-refractivity contribution < 1.29 is 126 Å². The average molecular weight is 2050 g/mol. The van der Waals surface area contributed by atoms with Gasteiger partial charge in [-0.3, -0.25) is 19.9 Å². The number of carboxylic acid groups (broad SMARTS) is 2. The molecule has 1 saturated heterocycles. The fourth-order valence-electron chi connectivity index (χ4n) is 6.07. The summed E-state index contributed by atoms with van der Waals surface area (Å²) in [6.07, 6.45) is 2.56. The van der Waals surface area contributed by atoms with Gasteiger partial charge >= 0.3 is 53.1 Å². The van der Waals surface area contributed by atoms with Gasteiger partial charge in [-0.15, -0.1) is 57.2 Å². The minimum atomic E-state index is -4.67. The smallest absolute Gasteiger partial charge is 1.00 e. The molecule has 0 unspecified atom stereocenters. The Morgan fingerprint density at radius 3 is 1.14 bits per heavy atom. The minimum Gasteiger partial charge on any atom is -1.00 e. The summed E-state index contributed by atoms with van der Waals surface area (Å²) in [5.41, 5.74) is 25.8. The second-order valence-corrected chi connectivity index (χ2v) is 37.2. The van der Waals surface area contributed by atoms with Crippen LogP contribution in [0.5, 0.6) is 28.7 Å². The van der Waals surface area contributed by atoms with Gasteiger partial charge in [-0.25, -0.2) is 19.2 Å². The van der Waals surface area contributed by atoms with Gasteiger partial charge in [-0.05, 0) is 185 Å². The van der Waals surface area contributed by atoms with Crippen LogP contribution in [0.25, 0.3) is 0 Å². The number of hydrogen-bond donors (Lipinski definition) is 14. The van der Waals surface area contributed by atoms with Crippen LogP contribution in [0.15, 0.2) is 91.0 Å². The Labute approximate surface area is 706 Å². The third-order valence-corrected chi connectivity index (χ3v) is 12.9. The molecule has 1 aliphatic heterocycles. The van der Waals surface area contributed by atoms with Gasteiger partial charge in [0.25, 0.3) is 0 Å². The number of carboxylic acids is 2. The van der Waals surface area contributed by atoms with Crippen molar-refractivity contribution in [2.75, 3.05) is 82.0 Å². The van der Waals surface area contributed by atoms with E-state index in [0.717, 1.165) is 59.2 Å². The molecule has 0 aliphatic carbocycles. The first-order valence-corrected chi connectivity index (χ1v) is 41.1. The Kier molecular flexibility index (Phi) is 92.2. The quantitative estimate of drug-likeness (QED) is 0.00602. The van der Waals surface area contributed by atoms with Crippen LogP contribution in [0.2, 0.25) is 0 Å². The van der Waals surface area contributed by atoms with Crippen molar-refractivity contribution in [2.45, 2.75) is 55.1 Å². The summed E-state index contributed by atoms with van der Waals surface area (Å²) < 4.78 is 70.5. The predicted octanol–water partition coefficient (Wildman–Crippen LogP) is 9.32. The molecule has 0 atom stereocenters. The molecule has 0 spiro atoms. The maximum atomic E-state index is 11.4. The number of ether oxygens (including phenoxy) is 8. The second kappa shape index (κ2) is 78.1. The maximum Gasteiger partial charge on any atom is 1.00 e. The molecule has 5 aromatic carbocycles. The van der Waals surface area contributed by atoms with Gasteiger partial charge in [0, 0.05) is 49.1 Å². The Morgan fingerprint density at radius 1 is 0.569 bits per heavy atom. The number of rotatable bonds is 17. The first kappa shape index (κ1) is 120. The second-order valence-electron chi connectivity index (χ2n) is 16.5. The summed E-state index contributed by atoms with van der Waals surface area (Å²) in [6, 6.07) is 25.3. The summed E-state index contributed by atoms with van der Waals surface area (Å²) in [5, 5.41) is 66.3. The molecule has 5 aromatic rings. The summed E-state index contributed by atoms with van der Waals surface area (Å²) in [6.45, 7) is 3.80. The number of benzene rings is 5. The van der Waals surface area contributed by atoms with Crippen LogP contribution in [0, 0.1) is 10.8 Å². The van der Waals surface area contributed by atoms with E-state index in [1.165, 1.54) is 106 Å². The van der Waals surface area contributed by atoms with E-state index in [9.17, 15) is 19.2 Å². The molecule has 1 heterocycles. The molecular weight excluding hydrogens is 1960 g/mol. The van der Waals surface area contributed by atoms with Gasteiger partial charge in [-0.2, -0.15) is 8.42 Å². The molecule has 28 nitrogen and oxygen atoms in total. The van der Waals surface area contributed by atoms with E-state index < -0.39 is 34.3 Å². The molecule has 6 rings (SSSR count). The number of carbonyl (C=O) groups excluding carboxylic acids is 2. The summed E-state index contributed by atoms with van der Waals surface area (Å²) in [5.74, 6) is 0.623. The van der Waals surface area contributed by atoms with Crippen molar-refractivity contribution in [3.05, 3.63) is 147 Å². The Balaban J connectivity index is -0.000000104. The number of alkyl halides is 4. The van der Waals surface area contributed by atoms with Gasteiger partial charge in [0.2, 0.25) is 0 Å². The zero-order valence-electron chi connectivity index (χ0n) is 57.3. The normalized spacial score (nSPS) is 9.64. The van der Waals surface area contributed by atoms with Crippen molar-refractivity contribution in [1.82, 2.24) is 0 Å². The maximum absolute atomic E-state index is 11.4. The van der Waals surface area contributed by atoms with E-state index in [4.69, 9.17) is 122 Å². The Hall–Kier alpha value is -2.52. The number of aliphatic hydroxyl groups is 4. The van der Waals surface area contributed by atoms with E-state index in [2.05, 4.69) is 118 Å². The number of amidine groups is 2. The first-order valence-electron chi connectivity index (χ1n) is 26.7. The van der Waals surface area contributed by atoms with Crippen LogP contribution < -0.4 is 65.5 Å². The van der Waals surface area contributed by atoms with Gasteiger partial charge in [-0.1, -0.05) is 73.6 Å². The molecule has 102 heavy (non-hydrogen) atoms. The molecule has 44 heteroatoms. The predicted molar refractivity (Wildman–Crippen MR) is 443 cm³/mol. The minimum absolute atomic E-state index is 0. The topological polar surface area (TPSA) is 490 Å². The van der Waals surface area contributed by atoms with Crippen molar-refractivity contribution in [3.8, 4) is 28.7 Å². The van der Waals surface area contributed by atoms with Crippen molar-refractivity contribution >= 4 is 242 Å². The Bertz CT molecular complexity index is 3140. The zero-order valence-corrected chi connectivity index (χ0v) is 73.3. The number of thioether (sulfide) groups is 2. The number of aromatic carboxylic acids is 2. The fourth-order valence-corrected chi connectivity index (χ4v) is 8.31. The molecule has 18 N–H and O–H groups in total. The van der Waals surface area contributed by atoms with E-state index in [-0.39, 0.29) is 139 Å². The number of halogens is 9. The average Bonchev–Trinajstić information content (AvgIpc) is 0.876. The zero-order chi connectivity index (χ0) is 76.9. The largest absolute Gasteiger partial charge is 1.00 e. The van der Waals surface area contributed by atoms with Crippen LogP contribution in [0.3, 0.4) is 0 Å². The molecule has 0 bridgehead atoms. The SMILES string of the molecule is Br.Br.BrP(Br)Br.C1CCOC1.CCO.CO.COC(=O)c1ccc(OC)cc1C(=O)OC.COc1ccc(C(=O)O)c(C(=O)O)c1.COc1ccc(CBr)c(CBr)c1.COc1ccc(CO)c(CO)c1.COc1ccc(CSC(=N)N)c(CSC(=N)N)c1.ClCCl.NC(N)=S.O=S(=O)(O)O.[AlH3].[H-].[Li+]. The van der Waals surface area contributed by atoms with E-state index in [1.54, 1.807) is 52.5 Å². The third kappa shape index (κ3) is 68.0. The number of methoxy groups -OCH3 is 7. The third-order valence-electron chi connectivity index (χ3n) is 10.2. The number of esters is 2. The standard InChI is InChI=1S/C11H16N4OS2.C11H12O5.C9H10Br2O.C9H8O5.C9H12O3.C4H8O.C2H6O.CH2Cl2.CH4N2S.CH4O.Al.Br3P.2BrH.Li.H2O4S.4H/c1-16-9-3-2-7(5-17-10(12)13)8(4-9)6-18-11(14)15;1-14-7-4-5-8(10(12)15-2)9(6-7)11(13)16-3;1-12-9-3-2-7(5-10)8(4-9)6-11;1-14-5-2-3-6(8(10)11)7(4-5)9(12)13;1-12-9-3-2-7(5-10)8(4-9)6-11;1-2-4-5-3-1;1-2-3;2-1-3;2-1(3)4;1-2;;1-4(2)3;;;;1-5(2,3)4;;;;/h2-4H,5-6H2,1H3,(H3,12,13)(H3,14,15);4-6H,1-3H3;2-4H,5-6H2,1H3;2-4H,1H3,(H,10,11)(H,12,13);2-4,10-11H,5-6H2,1H3;1-4H2;3H,2H2,1H3;1H2;(H4,2,3,4);2H,1H3;;;2*1H;;(H2,1,2,3,4);;;;/q;;;;;;;;;;;;;;+1;;;;;-1. The van der Waals surface area contributed by atoms with Crippen molar-refractivity contribution in [2.24, 2.45) is 22.9 Å². The number of nitrogens with one attached hydrogen (secondary N) is 2. The molecule has 580 valence electrons. The summed E-state index contributed by atoms with van der Waals surface area (Å²) in [4.78, 5) is 44.1. The summed E-state index contributed by atoms with van der Waals surface area (Å²) in [7, 11) is 6.52. The van der Waals surface area contributed by atoms with Gasteiger partial charge in [0.1, 0.15) is 32.8 Å². The number of carbonyl (C=O) groups is 4. The van der Waals surface area contributed by atoms with E-state index in [0.29, 0.717) is 34.3 Å². The van der Waals surface area contributed by atoms with Crippen LogP contribution in [0.1, 0.15) is 96.0 Å². The van der Waals surface area contributed by atoms with Crippen molar-refractivity contribution in [1.29, 1.82) is 10.8 Å². The molecule has 0 aromatic heterocycles. The molecule has 0 radical (unpaired) electrons. The number of nitrogens with two attached hydrogens (primary N) is 4. The van der Waals surface area contributed by atoms with Gasteiger partial charge < -0.3 is 92.9 Å². The van der Waals surface area contributed by atoms with Crippen LogP contribution in [-0.2, 0) is 60.0 Å². The van der Waals surface area contributed by atoms with E-state index >= 15 is 0 Å². The molecule has 0 amide bonds. The number of thiocarbonyl (C=S) groups is 1.